The highest BCUT2D eigenvalue weighted by Crippen LogP contribution is 2.08. The minimum absolute atomic E-state index is 0.0251. The Labute approximate surface area is 109 Å². The average Bonchev–Trinajstić information content (AvgIpc) is 2.86. The first-order valence-corrected chi connectivity index (χ1v) is 5.79. The molecule has 0 amide bonds. The van der Waals surface area contributed by atoms with E-state index in [1.807, 2.05) is 13.8 Å². The molecule has 0 unspecified atom stereocenters. The fourth-order valence-electron chi connectivity index (χ4n) is 1.81. The van der Waals surface area contributed by atoms with Crippen molar-refractivity contribution in [1.82, 2.24) is 14.1 Å². The van der Waals surface area contributed by atoms with Gasteiger partial charge in [0.05, 0.1) is 5.69 Å². The number of nitrogens with zero attached hydrogens (tertiary/aromatic N) is 4. The third kappa shape index (κ3) is 2.22. The van der Waals surface area contributed by atoms with Gasteiger partial charge in [-0.3, -0.25) is 9.36 Å². The van der Waals surface area contributed by atoms with Crippen molar-refractivity contribution in [3.63, 3.8) is 0 Å². The van der Waals surface area contributed by atoms with Crippen molar-refractivity contribution in [2.75, 3.05) is 0 Å². The Balaban J connectivity index is 2.64. The van der Waals surface area contributed by atoms with Crippen LogP contribution in [0.3, 0.4) is 0 Å². The summed E-state index contributed by atoms with van der Waals surface area (Å²) in [7, 11) is 0. The first kappa shape index (κ1) is 12.9. The molecule has 0 saturated carbocycles. The normalized spacial score (nSPS) is 12.1. The van der Waals surface area contributed by atoms with Crippen molar-refractivity contribution in [1.29, 1.82) is 0 Å². The van der Waals surface area contributed by atoms with Crippen LogP contribution >= 0.6 is 0 Å². The molecule has 0 aliphatic carbocycles. The highest BCUT2D eigenvalue weighted by atomic mass is 16.4. The first-order valence-electron chi connectivity index (χ1n) is 5.79. The Morgan fingerprint density at radius 1 is 1.47 bits per heavy atom. The SMILES string of the molecule is CC(C)n1ccnc(-n2cccc2/C(N)=N/O)c1=O. The molecule has 0 fully saturated rings. The molecule has 100 valence electrons. The second-order valence-electron chi connectivity index (χ2n) is 4.31. The average molecular weight is 261 g/mol. The van der Waals surface area contributed by atoms with Gasteiger partial charge < -0.3 is 15.5 Å². The van der Waals surface area contributed by atoms with Gasteiger partial charge in [0.25, 0.3) is 5.56 Å². The fourth-order valence-corrected chi connectivity index (χ4v) is 1.81. The molecular weight excluding hydrogens is 246 g/mol. The monoisotopic (exact) mass is 261 g/mol. The van der Waals surface area contributed by atoms with E-state index < -0.39 is 0 Å². The summed E-state index contributed by atoms with van der Waals surface area (Å²) in [6.07, 6.45) is 4.82. The highest BCUT2D eigenvalue weighted by Gasteiger charge is 2.13. The second kappa shape index (κ2) is 4.97. The zero-order valence-corrected chi connectivity index (χ0v) is 10.7. The molecule has 0 aromatic carbocycles. The minimum Gasteiger partial charge on any atom is -0.409 e. The fraction of sp³-hybridized carbons (Fsp3) is 0.250. The molecule has 7 heteroatoms. The van der Waals surface area contributed by atoms with E-state index in [0.717, 1.165) is 0 Å². The summed E-state index contributed by atoms with van der Waals surface area (Å²) in [6.45, 7) is 3.82. The first-order chi connectivity index (χ1) is 9.06. The van der Waals surface area contributed by atoms with E-state index in [9.17, 15) is 4.79 Å². The number of hydrogen-bond donors (Lipinski definition) is 2. The van der Waals surface area contributed by atoms with E-state index in [2.05, 4.69) is 10.1 Å². The van der Waals surface area contributed by atoms with Crippen LogP contribution in [0.4, 0.5) is 0 Å². The highest BCUT2D eigenvalue weighted by molar-refractivity contribution is 5.96. The van der Waals surface area contributed by atoms with Crippen LogP contribution < -0.4 is 11.3 Å². The van der Waals surface area contributed by atoms with Crippen molar-refractivity contribution in [3.8, 4) is 5.82 Å². The second-order valence-corrected chi connectivity index (χ2v) is 4.31. The molecule has 3 N–H and O–H groups in total. The molecule has 0 aliphatic heterocycles. The maximum absolute atomic E-state index is 12.3. The summed E-state index contributed by atoms with van der Waals surface area (Å²) in [5, 5.41) is 11.7. The van der Waals surface area contributed by atoms with Gasteiger partial charge in [-0.1, -0.05) is 5.16 Å². The van der Waals surface area contributed by atoms with Gasteiger partial charge in [-0.2, -0.15) is 0 Å². The zero-order valence-electron chi connectivity index (χ0n) is 10.7. The lowest BCUT2D eigenvalue weighted by Gasteiger charge is -2.12. The molecular formula is C12H15N5O2. The maximum Gasteiger partial charge on any atom is 0.294 e. The Kier molecular flexibility index (Phi) is 3.37. The number of oxime groups is 1. The van der Waals surface area contributed by atoms with Gasteiger partial charge in [-0.15, -0.1) is 0 Å². The van der Waals surface area contributed by atoms with Crippen molar-refractivity contribution < 1.29 is 5.21 Å². The Hall–Kier alpha value is -2.57. The number of rotatable bonds is 3. The van der Waals surface area contributed by atoms with Crippen molar-refractivity contribution in [2.24, 2.45) is 10.9 Å². The van der Waals surface area contributed by atoms with Gasteiger partial charge in [0.15, 0.2) is 5.84 Å². The van der Waals surface area contributed by atoms with E-state index in [4.69, 9.17) is 10.9 Å². The van der Waals surface area contributed by atoms with Crippen LogP contribution in [-0.4, -0.2) is 25.2 Å². The summed E-state index contributed by atoms with van der Waals surface area (Å²) in [5.74, 6) is 0.133. The van der Waals surface area contributed by atoms with Crippen molar-refractivity contribution in [3.05, 3.63) is 46.8 Å². The molecule has 2 aromatic rings. The summed E-state index contributed by atoms with van der Waals surface area (Å²) in [5.41, 5.74) is 5.74. The van der Waals surface area contributed by atoms with Crippen LogP contribution in [0.15, 0.2) is 40.7 Å². The molecule has 7 nitrogen and oxygen atoms in total. The van der Waals surface area contributed by atoms with Gasteiger partial charge in [-0.25, -0.2) is 4.98 Å². The number of nitrogens with two attached hydrogens (primary N) is 1. The summed E-state index contributed by atoms with van der Waals surface area (Å²) in [6, 6.07) is 3.36. The molecule has 0 radical (unpaired) electrons. The third-order valence-electron chi connectivity index (χ3n) is 2.75. The topological polar surface area (TPSA) is 98.4 Å². The molecule has 0 bridgehead atoms. The van der Waals surface area contributed by atoms with Gasteiger partial charge in [-0.05, 0) is 26.0 Å². The molecule has 2 rings (SSSR count). The van der Waals surface area contributed by atoms with Crippen LogP contribution in [0.25, 0.3) is 5.82 Å². The van der Waals surface area contributed by atoms with Crippen LogP contribution in [0.5, 0.6) is 0 Å². The molecule has 2 aromatic heterocycles. The molecule has 0 atom stereocenters. The van der Waals surface area contributed by atoms with Gasteiger partial charge in [0.1, 0.15) is 0 Å². The molecule has 0 saturated heterocycles. The van der Waals surface area contributed by atoms with Crippen LogP contribution in [0.2, 0.25) is 0 Å². The quantitative estimate of drug-likeness (QED) is 0.368. The lowest BCUT2D eigenvalue weighted by molar-refractivity contribution is 0.318. The predicted octanol–water partition coefficient (Wildman–Crippen LogP) is 0.709. The standard InChI is InChI=1S/C12H15N5O2/c1-8(2)16-7-5-14-11(12(16)18)17-6-3-4-9(17)10(13)15-19/h3-8,19H,1-2H3,(H2,13,15). The minimum atomic E-state index is -0.235. The largest absolute Gasteiger partial charge is 0.409 e. The van der Waals surface area contributed by atoms with Crippen molar-refractivity contribution >= 4 is 5.84 Å². The lowest BCUT2D eigenvalue weighted by Crippen LogP contribution is -2.28. The molecule has 19 heavy (non-hydrogen) atoms. The maximum atomic E-state index is 12.3. The Bertz CT molecular complexity index is 669. The number of aromatic nitrogens is 3. The summed E-state index contributed by atoms with van der Waals surface area (Å²) in [4.78, 5) is 16.4. The Morgan fingerprint density at radius 3 is 2.84 bits per heavy atom. The van der Waals surface area contributed by atoms with Crippen LogP contribution in [-0.2, 0) is 0 Å². The van der Waals surface area contributed by atoms with Gasteiger partial charge in [0, 0.05) is 24.6 Å². The molecule has 0 aliphatic rings. The smallest absolute Gasteiger partial charge is 0.294 e. The predicted molar refractivity (Wildman–Crippen MR) is 70.7 cm³/mol. The van der Waals surface area contributed by atoms with E-state index in [1.165, 1.54) is 4.57 Å². The van der Waals surface area contributed by atoms with E-state index in [0.29, 0.717) is 5.69 Å². The molecule has 2 heterocycles. The molecule has 0 spiro atoms. The van der Waals surface area contributed by atoms with Gasteiger partial charge in [0.2, 0.25) is 5.82 Å². The van der Waals surface area contributed by atoms with Crippen LogP contribution in [0, 0.1) is 0 Å². The number of hydrogen-bond acceptors (Lipinski definition) is 4. The summed E-state index contributed by atoms with van der Waals surface area (Å²) >= 11 is 0. The van der Waals surface area contributed by atoms with E-state index >= 15 is 0 Å². The number of amidine groups is 1. The zero-order chi connectivity index (χ0) is 14.0. The lowest BCUT2D eigenvalue weighted by atomic mass is 10.3. The third-order valence-corrected chi connectivity index (χ3v) is 2.75. The van der Waals surface area contributed by atoms with E-state index in [-0.39, 0.29) is 23.3 Å². The summed E-state index contributed by atoms with van der Waals surface area (Å²) < 4.78 is 3.06. The van der Waals surface area contributed by atoms with Gasteiger partial charge >= 0.3 is 0 Å². The van der Waals surface area contributed by atoms with Crippen LogP contribution in [0.1, 0.15) is 25.6 Å². The van der Waals surface area contributed by atoms with E-state index in [1.54, 1.807) is 35.3 Å². The van der Waals surface area contributed by atoms with Crippen molar-refractivity contribution in [2.45, 2.75) is 19.9 Å². The Morgan fingerprint density at radius 2 is 2.21 bits per heavy atom.